The number of hydrogen-bond acceptors (Lipinski definition) is 11. The molecule has 2 aliphatic carbocycles. The van der Waals surface area contributed by atoms with Crippen LogP contribution in [-0.2, 0) is 23.7 Å². The van der Waals surface area contributed by atoms with E-state index in [0.29, 0.717) is 24.4 Å². The van der Waals surface area contributed by atoms with Crippen LogP contribution in [0.1, 0.15) is 351 Å². The number of ether oxygens (including phenoxy) is 5. The lowest BCUT2D eigenvalue weighted by Gasteiger charge is -2.21. The van der Waals surface area contributed by atoms with E-state index in [1.165, 1.54) is 215 Å². The molecule has 17 rings (SSSR count). The van der Waals surface area contributed by atoms with Crippen molar-refractivity contribution < 1.29 is 23.7 Å². The summed E-state index contributed by atoms with van der Waals surface area (Å²) in [6, 6.07) is 3.89. The Morgan fingerprint density at radius 2 is 0.600 bits per heavy atom. The number of nitrogens with one attached hydrogen (secondary N) is 3. The zero-order chi connectivity index (χ0) is 72.1. The van der Waals surface area contributed by atoms with Crippen LogP contribution in [0.2, 0.25) is 0 Å². The summed E-state index contributed by atoms with van der Waals surface area (Å²) in [4.78, 5) is 2.86. The molecule has 16 fully saturated rings. The minimum Gasteiger partial charge on any atom is -0.381 e. The minimum absolute atomic E-state index is 0.671. The van der Waals surface area contributed by atoms with Gasteiger partial charge in [0.2, 0.25) is 0 Å². The summed E-state index contributed by atoms with van der Waals surface area (Å²) >= 11 is 8.72. The molecule has 576 valence electrons. The lowest BCUT2D eigenvalue weighted by atomic mass is 9.82. The van der Waals surface area contributed by atoms with Gasteiger partial charge in [-0.25, -0.2) is 0 Å². The number of rotatable bonds is 0. The van der Waals surface area contributed by atoms with Crippen LogP contribution < -0.4 is 10.6 Å². The maximum absolute atomic E-state index is 5.84. The second-order valence-corrected chi connectivity index (χ2v) is 28.7. The molecule has 1 aromatic heterocycles. The fraction of sp³-hybridized carbons (Fsp3) is 0.952. The first-order chi connectivity index (χ1) is 47.3. The minimum atomic E-state index is 0.671. The number of H-pyrrole nitrogens is 1. The third-order valence-corrected chi connectivity index (χ3v) is 23.6. The molecule has 8 bridgehead atoms. The van der Waals surface area contributed by atoms with Crippen molar-refractivity contribution in [3.8, 4) is 0 Å². The van der Waals surface area contributed by atoms with E-state index >= 15 is 0 Å². The molecular weight excluding hydrogens is 1250 g/mol. The lowest BCUT2D eigenvalue weighted by Crippen LogP contribution is -2.30. The van der Waals surface area contributed by atoms with Crippen LogP contribution in [0.25, 0.3) is 0 Å². The topological polar surface area (TPSA) is 86.0 Å². The van der Waals surface area contributed by atoms with Crippen molar-refractivity contribution >= 4 is 47.0 Å². The van der Waals surface area contributed by atoms with Crippen molar-refractivity contribution in [1.82, 2.24) is 15.6 Å². The zero-order valence-electron chi connectivity index (χ0n) is 68.2. The molecule has 14 aliphatic heterocycles. The molecule has 0 amide bonds. The molecule has 12 heteroatoms. The Morgan fingerprint density at radius 1 is 0.274 bits per heavy atom. The van der Waals surface area contributed by atoms with E-state index in [1.54, 1.807) is 32.1 Å². The second-order valence-electron chi connectivity index (χ2n) is 23.2. The Labute approximate surface area is 616 Å². The monoisotopic (exact) mass is 1420 g/mol. The first-order valence-electron chi connectivity index (χ1n) is 42.3. The van der Waals surface area contributed by atoms with Crippen LogP contribution >= 0.6 is 47.0 Å². The molecule has 8 nitrogen and oxygen atoms in total. The highest BCUT2D eigenvalue weighted by Gasteiger charge is 2.51. The Kier molecular flexibility index (Phi) is 95.1. The number of hydrogen-bond donors (Lipinski definition) is 3. The van der Waals surface area contributed by atoms with Gasteiger partial charge in [0.15, 0.2) is 0 Å². The third kappa shape index (κ3) is 54.7. The van der Waals surface area contributed by atoms with Crippen molar-refractivity contribution in [2.75, 3.05) is 88.8 Å². The van der Waals surface area contributed by atoms with Gasteiger partial charge in [0.25, 0.3) is 0 Å². The van der Waals surface area contributed by atoms with Gasteiger partial charge in [0, 0.05) is 72.9 Å². The van der Waals surface area contributed by atoms with Gasteiger partial charge in [0.05, 0.1) is 37.6 Å². The van der Waals surface area contributed by atoms with Gasteiger partial charge in [-0.05, 0) is 245 Å². The largest absolute Gasteiger partial charge is 0.381 e. The predicted octanol–water partition coefficient (Wildman–Crippen LogP) is 26.1. The Bertz CT molecular complexity index is 1170. The zero-order valence-corrected chi connectivity index (χ0v) is 71.5. The summed E-state index contributed by atoms with van der Waals surface area (Å²) in [5, 5.41) is 10.8. The van der Waals surface area contributed by atoms with Gasteiger partial charge in [-0.15, -0.1) is 0 Å². The smallest absolute Gasteiger partial charge is 0.0611 e. The highest BCUT2D eigenvalue weighted by molar-refractivity contribution is 8.01. The molecule has 14 saturated heterocycles. The van der Waals surface area contributed by atoms with E-state index in [1.807, 2.05) is 177 Å². The molecule has 8 unspecified atom stereocenters. The summed E-state index contributed by atoms with van der Waals surface area (Å²) in [6.45, 7) is 54.3. The highest BCUT2D eigenvalue weighted by Crippen LogP contribution is 2.59. The molecule has 8 atom stereocenters. The van der Waals surface area contributed by atoms with Gasteiger partial charge in [0.1, 0.15) is 0 Å². The number of fused-ring (bicyclic) bond motifs is 14. The number of piperidine rings is 1. The molecule has 0 radical (unpaired) electrons. The van der Waals surface area contributed by atoms with E-state index in [9.17, 15) is 0 Å². The molecule has 95 heavy (non-hydrogen) atoms. The van der Waals surface area contributed by atoms with E-state index < -0.39 is 0 Å². The van der Waals surface area contributed by atoms with E-state index in [4.69, 9.17) is 23.7 Å². The first-order valence-corrected chi connectivity index (χ1v) is 46.5. The average Bonchev–Trinajstić information content (AvgIpc) is 1.66. The molecule has 3 N–H and O–H groups in total. The fourth-order valence-electron chi connectivity index (χ4n) is 13.7. The Hall–Kier alpha value is 0.400. The van der Waals surface area contributed by atoms with Crippen molar-refractivity contribution in [1.29, 1.82) is 0 Å². The van der Waals surface area contributed by atoms with Crippen LogP contribution in [0.15, 0.2) is 24.5 Å². The Balaban J connectivity index is -0.000000306. The number of morpholine rings is 1. The predicted molar refractivity (Wildman–Crippen MR) is 443 cm³/mol. The SMILES string of the molecule is C1CC2C3CCC(O3)C2C1.C1CC2C3CCC(S3)C2C1.C1CC2CCC1O2.C1CC2CCC1S2.C1CCNCC1.C1CCOC1.C1CCOCC1.C1CCSC1.C1CCSCC1.C1COCCN1.CC.CC.CC.CC.CC.CC.CC.CC.CC.CC.CC.c1cc[nH]c1. The summed E-state index contributed by atoms with van der Waals surface area (Å²) < 4.78 is 26.3. The molecular formula is C83H175N3O5S4. The van der Waals surface area contributed by atoms with Crippen LogP contribution in [0, 0.1) is 23.7 Å². The molecule has 15 heterocycles. The van der Waals surface area contributed by atoms with Gasteiger partial charge < -0.3 is 39.3 Å². The molecule has 0 spiro atoms. The normalized spacial score (nSPS) is 28.9. The molecule has 0 aromatic carbocycles. The summed E-state index contributed by atoms with van der Waals surface area (Å²) in [5.41, 5.74) is 0. The summed E-state index contributed by atoms with van der Waals surface area (Å²) in [6.07, 6.45) is 50.9. The summed E-state index contributed by atoms with van der Waals surface area (Å²) in [7, 11) is 0. The van der Waals surface area contributed by atoms with Crippen molar-refractivity contribution in [2.45, 2.75) is 397 Å². The van der Waals surface area contributed by atoms with E-state index in [-0.39, 0.29) is 0 Å². The van der Waals surface area contributed by atoms with E-state index in [0.717, 1.165) is 85.6 Å². The maximum atomic E-state index is 5.84. The van der Waals surface area contributed by atoms with Gasteiger partial charge in [-0.1, -0.05) is 178 Å². The van der Waals surface area contributed by atoms with Crippen molar-refractivity contribution in [3.63, 3.8) is 0 Å². The van der Waals surface area contributed by atoms with Gasteiger partial charge in [-0.3, -0.25) is 0 Å². The summed E-state index contributed by atoms with van der Waals surface area (Å²) in [5.74, 6) is 9.98. The lowest BCUT2D eigenvalue weighted by molar-refractivity contribution is 0.0814. The van der Waals surface area contributed by atoms with E-state index in [2.05, 4.69) is 62.7 Å². The third-order valence-electron chi connectivity index (χ3n) is 17.7. The van der Waals surface area contributed by atoms with Gasteiger partial charge in [-0.2, -0.15) is 47.0 Å². The number of aromatic amines is 1. The van der Waals surface area contributed by atoms with Crippen LogP contribution in [0.3, 0.4) is 0 Å². The van der Waals surface area contributed by atoms with Crippen LogP contribution in [-0.4, -0.2) is 139 Å². The molecule has 16 aliphatic rings. The highest BCUT2D eigenvalue weighted by atomic mass is 32.2. The quantitative estimate of drug-likeness (QED) is 0.232. The fourth-order valence-corrected chi connectivity index (χ4v) is 19.4. The maximum Gasteiger partial charge on any atom is 0.0611 e. The van der Waals surface area contributed by atoms with Crippen LogP contribution in [0.4, 0.5) is 0 Å². The first kappa shape index (κ1) is 104. The van der Waals surface area contributed by atoms with Crippen molar-refractivity contribution in [2.24, 2.45) is 23.7 Å². The standard InChI is InChI=1S/C9H14O.C9H14S.C6H10O.C6H10S.C5H11N.C5H10O.C5H10S.C4H9NO.C4H5N.C4H8O.C4H8S.11C2H6/c2*1-2-6-7(3-1)9-5-4-8(6)10-9;2*1-2-6-4-3-5(1)7-6;3*1-2-4-6-5-3-1;1-3-6-4-2-5-1;3*1-2-4-5-3-1;11*1-2/h2*6-9H,1-5H2;2*5-6H,1-4H2;6H,1-5H2;2*1-5H2;5H,1-4H2;1-5H;2*1-4H2;11*1-2H3. The number of aromatic nitrogens is 1. The average molecular weight is 1420 g/mol. The second kappa shape index (κ2) is 86.8. The van der Waals surface area contributed by atoms with Gasteiger partial charge >= 0.3 is 0 Å². The molecule has 1 aromatic rings. The Morgan fingerprint density at radius 3 is 0.811 bits per heavy atom. The van der Waals surface area contributed by atoms with Crippen LogP contribution in [0.5, 0.6) is 0 Å². The van der Waals surface area contributed by atoms with Crippen molar-refractivity contribution in [3.05, 3.63) is 24.5 Å². The number of thioether (sulfide) groups is 4. The molecule has 2 saturated carbocycles.